The lowest BCUT2D eigenvalue weighted by Gasteiger charge is -2.11. The maximum Gasteiger partial charge on any atom is 0.191 e. The Morgan fingerprint density at radius 2 is 2.14 bits per heavy atom. The minimum Gasteiger partial charge on any atom is -0.357 e. The van der Waals surface area contributed by atoms with E-state index >= 15 is 0 Å². The number of halogens is 1. The highest BCUT2D eigenvalue weighted by Crippen LogP contribution is 1.98. The molecule has 0 unspecified atom stereocenters. The first-order valence-electron chi connectivity index (χ1n) is 6.59. The van der Waals surface area contributed by atoms with Gasteiger partial charge in [-0.1, -0.05) is 0 Å². The molecule has 0 amide bonds. The van der Waals surface area contributed by atoms with Gasteiger partial charge in [-0.15, -0.1) is 24.0 Å². The quantitative estimate of drug-likeness (QED) is 0.286. The molecule has 1 aromatic heterocycles. The van der Waals surface area contributed by atoms with E-state index in [0.717, 1.165) is 12.2 Å². The SMILES string of the molecule is CCNC(=NCc1ccnn1C)NCCCS(C)(=O)=O.I. The molecule has 9 heteroatoms. The molecule has 0 aromatic carbocycles. The summed E-state index contributed by atoms with van der Waals surface area (Å²) in [7, 11) is -1.03. The van der Waals surface area contributed by atoms with E-state index in [1.807, 2.05) is 20.0 Å². The number of rotatable bonds is 7. The molecule has 0 spiro atoms. The molecular weight excluding hydrogens is 405 g/mol. The van der Waals surface area contributed by atoms with Gasteiger partial charge in [-0.25, -0.2) is 13.4 Å². The van der Waals surface area contributed by atoms with Crippen molar-refractivity contribution >= 4 is 39.8 Å². The molecule has 21 heavy (non-hydrogen) atoms. The van der Waals surface area contributed by atoms with Gasteiger partial charge in [0.05, 0.1) is 18.0 Å². The van der Waals surface area contributed by atoms with Gasteiger partial charge in [0, 0.05) is 32.6 Å². The van der Waals surface area contributed by atoms with Crippen molar-refractivity contribution in [1.29, 1.82) is 0 Å². The largest absolute Gasteiger partial charge is 0.357 e. The summed E-state index contributed by atoms with van der Waals surface area (Å²) >= 11 is 0. The summed E-state index contributed by atoms with van der Waals surface area (Å²) in [5.41, 5.74) is 1.01. The van der Waals surface area contributed by atoms with Crippen molar-refractivity contribution in [3.05, 3.63) is 18.0 Å². The molecule has 2 N–H and O–H groups in total. The Hall–Kier alpha value is -0.840. The number of aryl methyl sites for hydroxylation is 1. The minimum atomic E-state index is -2.90. The van der Waals surface area contributed by atoms with E-state index in [4.69, 9.17) is 0 Å². The number of hydrogen-bond donors (Lipinski definition) is 2. The molecule has 0 atom stereocenters. The molecule has 1 rings (SSSR count). The molecule has 7 nitrogen and oxygen atoms in total. The molecule has 1 heterocycles. The maximum atomic E-state index is 11.0. The molecule has 122 valence electrons. The lowest BCUT2D eigenvalue weighted by molar-refractivity contribution is 0.598. The number of guanidine groups is 1. The van der Waals surface area contributed by atoms with Gasteiger partial charge in [-0.3, -0.25) is 4.68 Å². The normalized spacial score (nSPS) is 11.9. The summed E-state index contributed by atoms with van der Waals surface area (Å²) in [5, 5.41) is 10.3. The average Bonchev–Trinajstić information content (AvgIpc) is 2.76. The van der Waals surface area contributed by atoms with Crippen molar-refractivity contribution < 1.29 is 8.42 Å². The summed E-state index contributed by atoms with van der Waals surface area (Å²) in [5.74, 6) is 0.864. The van der Waals surface area contributed by atoms with Crippen LogP contribution in [0.4, 0.5) is 0 Å². The lowest BCUT2D eigenvalue weighted by atomic mass is 10.4. The van der Waals surface area contributed by atoms with Gasteiger partial charge in [0.1, 0.15) is 9.84 Å². The molecule has 0 bridgehead atoms. The number of aromatic nitrogens is 2. The van der Waals surface area contributed by atoms with Gasteiger partial charge in [0.25, 0.3) is 0 Å². The predicted molar refractivity (Wildman–Crippen MR) is 95.8 cm³/mol. The van der Waals surface area contributed by atoms with Gasteiger partial charge < -0.3 is 10.6 Å². The van der Waals surface area contributed by atoms with Crippen LogP contribution in [0.2, 0.25) is 0 Å². The van der Waals surface area contributed by atoms with Crippen LogP contribution in [0.1, 0.15) is 19.0 Å². The molecular formula is C12H24IN5O2S. The Bertz CT molecular complexity index is 542. The van der Waals surface area contributed by atoms with Crippen LogP contribution in [0.25, 0.3) is 0 Å². The number of hydrogen-bond acceptors (Lipinski definition) is 4. The second kappa shape index (κ2) is 9.98. The molecule has 1 aromatic rings. The summed E-state index contributed by atoms with van der Waals surface area (Å²) in [6.45, 7) is 3.84. The molecule has 0 aliphatic rings. The fraction of sp³-hybridized carbons (Fsp3) is 0.667. The van der Waals surface area contributed by atoms with Gasteiger partial charge >= 0.3 is 0 Å². The first-order chi connectivity index (χ1) is 9.42. The molecule has 0 saturated heterocycles. The fourth-order valence-electron chi connectivity index (χ4n) is 1.60. The van der Waals surface area contributed by atoms with Crippen molar-refractivity contribution in [3.63, 3.8) is 0 Å². The monoisotopic (exact) mass is 429 g/mol. The Morgan fingerprint density at radius 3 is 2.67 bits per heavy atom. The lowest BCUT2D eigenvalue weighted by Crippen LogP contribution is -2.38. The van der Waals surface area contributed by atoms with Crippen LogP contribution < -0.4 is 10.6 Å². The van der Waals surface area contributed by atoms with Crippen molar-refractivity contribution in [2.45, 2.75) is 19.9 Å². The van der Waals surface area contributed by atoms with Crippen LogP contribution >= 0.6 is 24.0 Å². The minimum absolute atomic E-state index is 0. The van der Waals surface area contributed by atoms with E-state index in [1.54, 1.807) is 10.9 Å². The first-order valence-corrected chi connectivity index (χ1v) is 8.65. The highest BCUT2D eigenvalue weighted by atomic mass is 127. The summed E-state index contributed by atoms with van der Waals surface area (Å²) in [6, 6.07) is 1.91. The number of sulfone groups is 1. The van der Waals surface area contributed by atoms with Crippen LogP contribution in [0.5, 0.6) is 0 Å². The zero-order valence-corrected chi connectivity index (χ0v) is 15.8. The summed E-state index contributed by atoms with van der Waals surface area (Å²) < 4.78 is 23.8. The van der Waals surface area contributed by atoms with Crippen molar-refractivity contribution in [1.82, 2.24) is 20.4 Å². The predicted octanol–water partition coefficient (Wildman–Crippen LogP) is 0.528. The zero-order chi connectivity index (χ0) is 15.0. The highest BCUT2D eigenvalue weighted by Gasteiger charge is 2.03. The summed E-state index contributed by atoms with van der Waals surface area (Å²) in [4.78, 5) is 4.43. The van der Waals surface area contributed by atoms with Crippen LogP contribution in [0, 0.1) is 0 Å². The molecule has 0 fully saturated rings. The van der Waals surface area contributed by atoms with Crippen LogP contribution in [0.3, 0.4) is 0 Å². The Balaban J connectivity index is 0.00000400. The third-order valence-electron chi connectivity index (χ3n) is 2.65. The second-order valence-corrected chi connectivity index (χ2v) is 6.81. The van der Waals surface area contributed by atoms with E-state index in [2.05, 4.69) is 20.7 Å². The van der Waals surface area contributed by atoms with Gasteiger partial charge in [0.2, 0.25) is 0 Å². The van der Waals surface area contributed by atoms with Gasteiger partial charge in [0.15, 0.2) is 5.96 Å². The van der Waals surface area contributed by atoms with E-state index in [1.165, 1.54) is 6.26 Å². The van der Waals surface area contributed by atoms with Crippen molar-refractivity contribution in [3.8, 4) is 0 Å². The summed E-state index contributed by atoms with van der Waals surface area (Å²) in [6.07, 6.45) is 3.54. The number of aliphatic imine (C=N–C) groups is 1. The van der Waals surface area contributed by atoms with Gasteiger partial charge in [-0.05, 0) is 19.4 Å². The fourth-order valence-corrected chi connectivity index (χ4v) is 2.27. The van der Waals surface area contributed by atoms with Crippen LogP contribution in [0.15, 0.2) is 17.3 Å². The average molecular weight is 429 g/mol. The third-order valence-corrected chi connectivity index (χ3v) is 3.68. The molecule has 0 saturated carbocycles. The van der Waals surface area contributed by atoms with E-state index in [9.17, 15) is 8.42 Å². The Labute approximate surface area is 143 Å². The molecule has 0 radical (unpaired) electrons. The highest BCUT2D eigenvalue weighted by molar-refractivity contribution is 14.0. The Morgan fingerprint density at radius 1 is 1.43 bits per heavy atom. The molecule has 0 aliphatic heterocycles. The maximum absolute atomic E-state index is 11.0. The number of nitrogens with one attached hydrogen (secondary N) is 2. The first kappa shape index (κ1) is 20.2. The zero-order valence-electron chi connectivity index (χ0n) is 12.7. The van der Waals surface area contributed by atoms with E-state index < -0.39 is 9.84 Å². The van der Waals surface area contributed by atoms with Crippen LogP contribution in [-0.2, 0) is 23.4 Å². The van der Waals surface area contributed by atoms with Crippen LogP contribution in [-0.4, -0.2) is 49.3 Å². The van der Waals surface area contributed by atoms with Gasteiger partial charge in [-0.2, -0.15) is 5.10 Å². The smallest absolute Gasteiger partial charge is 0.191 e. The van der Waals surface area contributed by atoms with Crippen molar-refractivity contribution in [2.75, 3.05) is 25.1 Å². The number of nitrogens with zero attached hydrogens (tertiary/aromatic N) is 3. The van der Waals surface area contributed by atoms with Crippen molar-refractivity contribution in [2.24, 2.45) is 12.0 Å². The topological polar surface area (TPSA) is 88.4 Å². The van der Waals surface area contributed by atoms with E-state index in [-0.39, 0.29) is 29.7 Å². The molecule has 0 aliphatic carbocycles. The standard InChI is InChI=1S/C12H23N5O2S.HI/c1-4-13-12(14-7-5-9-20(3,18)19)15-10-11-6-8-16-17(11)2;/h6,8H,4-5,7,9-10H2,1-3H3,(H2,13,14,15);1H. The Kier molecular flexibility index (Phi) is 9.58. The van der Waals surface area contributed by atoms with E-state index in [0.29, 0.717) is 25.5 Å². The third kappa shape index (κ3) is 8.91. The second-order valence-electron chi connectivity index (χ2n) is 4.55.